The van der Waals surface area contributed by atoms with E-state index in [2.05, 4.69) is 34.3 Å². The van der Waals surface area contributed by atoms with E-state index in [-0.39, 0.29) is 17.7 Å². The molecule has 1 N–H and O–H groups in total. The van der Waals surface area contributed by atoms with Crippen molar-refractivity contribution >= 4 is 22.8 Å². The number of carbonyl (C=O) groups is 1. The fourth-order valence-corrected chi connectivity index (χ4v) is 6.68. The minimum atomic E-state index is -0.914. The molecule has 4 aliphatic rings. The largest absolute Gasteiger partial charge is 0.505 e. The number of hydrogen-bond acceptors (Lipinski definition) is 5. The van der Waals surface area contributed by atoms with Gasteiger partial charge in [0, 0.05) is 30.5 Å². The van der Waals surface area contributed by atoms with Gasteiger partial charge in [0.1, 0.15) is 12.1 Å². The van der Waals surface area contributed by atoms with Crippen molar-refractivity contribution in [1.82, 2.24) is 19.5 Å². The first-order chi connectivity index (χ1) is 17.0. The Labute approximate surface area is 202 Å². The molecular formula is C27H25N7O. The standard InChI is InChI=1S/C27H25N7O/c1-17(18-6-3-2-4-7-18)31-25-29-13-11-23(32-25)33-16-30-21-14-19(9-10-22(21)33)27-15-20-8-5-12-26(20,24(27)35)34(27)28/h2-4,6-7,9-11,13-14,16-17,20H,5,8,12,15H2,1H3,(H,29,31,32)/t17-,20?,26?,27?/m0/s1. The van der Waals surface area contributed by atoms with Gasteiger partial charge in [-0.05, 0) is 49.6 Å². The van der Waals surface area contributed by atoms with Crippen LogP contribution in [0.1, 0.15) is 49.8 Å². The highest BCUT2D eigenvalue weighted by Crippen LogP contribution is 2.66. The first-order valence-corrected chi connectivity index (χ1v) is 12.2. The van der Waals surface area contributed by atoms with E-state index in [4.69, 9.17) is 4.98 Å². The Morgan fingerprint density at radius 2 is 2.03 bits per heavy atom. The Bertz CT molecular complexity index is 1490. The van der Waals surface area contributed by atoms with Crippen LogP contribution in [-0.4, -0.2) is 35.5 Å². The highest BCUT2D eigenvalue weighted by atomic mass is 16.1. The van der Waals surface area contributed by atoms with E-state index in [0.29, 0.717) is 18.2 Å². The summed E-state index contributed by atoms with van der Waals surface area (Å²) in [7, 11) is 0. The number of rotatable bonds is 5. The Hall–Kier alpha value is -3.94. The molecule has 4 aromatic rings. The number of fused-ring (bicyclic) bond motifs is 1. The average Bonchev–Trinajstić information content (AvgIpc) is 3.62. The van der Waals surface area contributed by atoms with E-state index >= 15 is 0 Å². The maximum Gasteiger partial charge on any atom is 0.276 e. The maximum atomic E-state index is 13.3. The molecule has 0 amide bonds. The Balaban J connectivity index is 1.20. The van der Waals surface area contributed by atoms with Crippen molar-refractivity contribution in [2.75, 3.05) is 5.32 Å². The maximum absolute atomic E-state index is 13.3. The summed E-state index contributed by atoms with van der Waals surface area (Å²) < 4.78 is 3.29. The number of aromatic nitrogens is 4. The van der Waals surface area contributed by atoms with Crippen molar-refractivity contribution < 1.29 is 9.49 Å². The number of anilines is 1. The van der Waals surface area contributed by atoms with Crippen LogP contribution in [0.3, 0.4) is 0 Å². The summed E-state index contributed by atoms with van der Waals surface area (Å²) >= 11 is 0. The van der Waals surface area contributed by atoms with Gasteiger partial charge in [-0.2, -0.15) is 4.98 Å². The Morgan fingerprint density at radius 1 is 1.17 bits per heavy atom. The van der Waals surface area contributed by atoms with Gasteiger partial charge in [-0.1, -0.05) is 30.3 Å². The lowest BCUT2D eigenvalue weighted by atomic mass is 9.73. The van der Waals surface area contributed by atoms with E-state index in [1.54, 1.807) is 12.5 Å². The minimum absolute atomic E-state index is 0.0587. The van der Waals surface area contributed by atoms with Crippen LogP contribution in [0, 0.1) is 5.92 Å². The van der Waals surface area contributed by atoms with Gasteiger partial charge in [-0.15, -0.1) is 0 Å². The summed E-state index contributed by atoms with van der Waals surface area (Å²) in [5, 5.41) is 3.37. The predicted molar refractivity (Wildman–Crippen MR) is 130 cm³/mol. The summed E-state index contributed by atoms with van der Waals surface area (Å²) in [5.74, 6) is 1.66. The zero-order valence-corrected chi connectivity index (χ0v) is 19.4. The average molecular weight is 464 g/mol. The molecule has 8 rings (SSSR count). The highest BCUT2D eigenvalue weighted by molar-refractivity contribution is 6.03. The molecule has 2 saturated carbocycles. The van der Waals surface area contributed by atoms with Gasteiger partial charge in [0.05, 0.1) is 17.1 Å². The number of nitrogens with one attached hydrogen (secondary N) is 1. The van der Waals surface area contributed by atoms with Gasteiger partial charge in [0.2, 0.25) is 17.0 Å². The van der Waals surface area contributed by atoms with Gasteiger partial charge >= 0.3 is 0 Å². The molecule has 8 heteroatoms. The van der Waals surface area contributed by atoms with E-state index in [1.165, 1.54) is 4.70 Å². The molecular weight excluding hydrogens is 438 g/mol. The predicted octanol–water partition coefficient (Wildman–Crippen LogP) is 4.74. The second-order valence-corrected chi connectivity index (χ2v) is 10.1. The van der Waals surface area contributed by atoms with Crippen LogP contribution in [0.2, 0.25) is 0 Å². The Morgan fingerprint density at radius 3 is 2.83 bits per heavy atom. The summed E-state index contributed by atoms with van der Waals surface area (Å²) in [6.07, 6.45) is 6.94. The molecule has 174 valence electrons. The fraction of sp³-hybridized carbons (Fsp3) is 0.333. The van der Waals surface area contributed by atoms with Crippen LogP contribution in [0.4, 0.5) is 5.95 Å². The van der Waals surface area contributed by atoms with Crippen LogP contribution in [-0.2, 0) is 10.3 Å². The second-order valence-electron chi connectivity index (χ2n) is 10.1. The molecule has 4 fully saturated rings. The van der Waals surface area contributed by atoms with Gasteiger partial charge < -0.3 is 10.8 Å². The second kappa shape index (κ2) is 7.04. The molecule has 2 aliphatic heterocycles. The third-order valence-corrected chi connectivity index (χ3v) is 8.39. The van der Waals surface area contributed by atoms with Crippen LogP contribution in [0.15, 0.2) is 67.1 Å². The number of Topliss-reactive ketones (excluding diaryl/α,β-unsaturated/α-hetero) is 1. The van der Waals surface area contributed by atoms with Crippen molar-refractivity contribution in [3.63, 3.8) is 0 Å². The Kier molecular flexibility index (Phi) is 4.11. The fourth-order valence-electron chi connectivity index (χ4n) is 6.68. The van der Waals surface area contributed by atoms with Gasteiger partial charge in [-0.3, -0.25) is 14.1 Å². The number of benzene rings is 2. The van der Waals surface area contributed by atoms with Crippen molar-refractivity contribution in [2.24, 2.45) is 5.92 Å². The molecule has 4 atom stereocenters. The van der Waals surface area contributed by atoms with E-state index in [0.717, 1.165) is 41.4 Å². The van der Waals surface area contributed by atoms with Crippen LogP contribution < -0.4 is 5.32 Å². The molecule has 3 unspecified atom stereocenters. The zero-order valence-electron chi connectivity index (χ0n) is 19.4. The molecule has 1 spiro atoms. The summed E-state index contributed by atoms with van der Waals surface area (Å²) in [5.41, 5.74) is 13.1. The molecule has 8 nitrogen and oxygen atoms in total. The SMILES string of the molecule is C[C@H](Nc1nccc(-n2cnc3cc(C45CC6CCCC6(C4=O)[N+]5=[N-])ccc32)n1)c1ccccc1. The first-order valence-electron chi connectivity index (χ1n) is 12.2. The highest BCUT2D eigenvalue weighted by Gasteiger charge is 2.84. The molecule has 2 aromatic heterocycles. The molecule has 2 aromatic carbocycles. The molecule has 2 bridgehead atoms. The number of hydrogen-bond donors (Lipinski definition) is 1. The van der Waals surface area contributed by atoms with Crippen molar-refractivity contribution in [2.45, 2.75) is 49.7 Å². The van der Waals surface area contributed by atoms with Crippen molar-refractivity contribution in [3.05, 3.63) is 83.8 Å². The molecule has 4 heterocycles. The molecule has 2 saturated heterocycles. The quantitative estimate of drug-likeness (QED) is 0.431. The number of nitrogens with zero attached hydrogens (tertiary/aromatic N) is 6. The van der Waals surface area contributed by atoms with E-state index in [9.17, 15) is 10.3 Å². The lowest BCUT2D eigenvalue weighted by Crippen LogP contribution is -2.68. The van der Waals surface area contributed by atoms with Crippen LogP contribution in [0.5, 0.6) is 0 Å². The number of carbonyl (C=O) groups excluding carboxylic acids is 1. The minimum Gasteiger partial charge on any atom is -0.505 e. The number of ketones is 1. The van der Waals surface area contributed by atoms with E-state index in [1.807, 2.05) is 47.0 Å². The normalized spacial score (nSPS) is 27.6. The topological polar surface area (TPSA) is 98.0 Å². The smallest absolute Gasteiger partial charge is 0.276 e. The van der Waals surface area contributed by atoms with Gasteiger partial charge in [0.25, 0.3) is 5.78 Å². The van der Waals surface area contributed by atoms with Crippen LogP contribution in [0.25, 0.3) is 22.4 Å². The first kappa shape index (κ1) is 20.4. The molecule has 0 radical (unpaired) electrons. The monoisotopic (exact) mass is 463 g/mol. The molecule has 35 heavy (non-hydrogen) atoms. The summed E-state index contributed by atoms with van der Waals surface area (Å²) in [4.78, 5) is 27.0. The van der Waals surface area contributed by atoms with Crippen LogP contribution >= 0.6 is 0 Å². The number of imidazole rings is 1. The van der Waals surface area contributed by atoms with E-state index < -0.39 is 11.1 Å². The van der Waals surface area contributed by atoms with Crippen molar-refractivity contribution in [3.8, 4) is 5.82 Å². The third-order valence-electron chi connectivity index (χ3n) is 8.39. The van der Waals surface area contributed by atoms with Gasteiger partial charge in [0.15, 0.2) is 0 Å². The zero-order chi connectivity index (χ0) is 23.8. The van der Waals surface area contributed by atoms with Gasteiger partial charge in [-0.25, -0.2) is 9.97 Å². The van der Waals surface area contributed by atoms with Crippen molar-refractivity contribution in [1.29, 1.82) is 0 Å². The lowest BCUT2D eigenvalue weighted by Gasteiger charge is -2.44. The molecule has 2 aliphatic carbocycles. The third kappa shape index (κ3) is 2.56. The summed E-state index contributed by atoms with van der Waals surface area (Å²) in [6.45, 7) is 2.08. The summed E-state index contributed by atoms with van der Waals surface area (Å²) in [6, 6.07) is 17.9. The lowest BCUT2D eigenvalue weighted by molar-refractivity contribution is -0.695.